The van der Waals surface area contributed by atoms with Crippen LogP contribution in [-0.4, -0.2) is 31.6 Å². The van der Waals surface area contributed by atoms with Gasteiger partial charge in [0.15, 0.2) is 0 Å². The Morgan fingerprint density at radius 1 is 1.26 bits per heavy atom. The molecule has 0 aliphatic heterocycles. The van der Waals surface area contributed by atoms with Crippen molar-refractivity contribution in [2.45, 2.75) is 38.3 Å². The fourth-order valence-corrected chi connectivity index (χ4v) is 3.14. The highest BCUT2D eigenvalue weighted by Gasteiger charge is 2.24. The molecule has 0 bridgehead atoms. The second-order valence-electron chi connectivity index (χ2n) is 5.76. The Balaban J connectivity index is 1.85. The average molecular weight is 264 g/mol. The molecular formula is C16H25FN2. The molecular weight excluding hydrogens is 239 g/mol. The van der Waals surface area contributed by atoms with Gasteiger partial charge < -0.3 is 10.2 Å². The summed E-state index contributed by atoms with van der Waals surface area (Å²) in [6.45, 7) is 1.93. The van der Waals surface area contributed by atoms with Crippen molar-refractivity contribution in [2.24, 2.45) is 5.92 Å². The lowest BCUT2D eigenvalue weighted by Crippen LogP contribution is -2.42. The van der Waals surface area contributed by atoms with Crippen molar-refractivity contribution in [3.63, 3.8) is 0 Å². The number of rotatable bonds is 6. The van der Waals surface area contributed by atoms with Gasteiger partial charge in [-0.25, -0.2) is 4.39 Å². The summed E-state index contributed by atoms with van der Waals surface area (Å²) in [6, 6.07) is 7.39. The Morgan fingerprint density at radius 2 is 1.89 bits per heavy atom. The van der Waals surface area contributed by atoms with Gasteiger partial charge in [-0.15, -0.1) is 0 Å². The van der Waals surface area contributed by atoms with Gasteiger partial charge in [-0.1, -0.05) is 25.0 Å². The molecule has 0 aromatic heterocycles. The van der Waals surface area contributed by atoms with Gasteiger partial charge >= 0.3 is 0 Å². The van der Waals surface area contributed by atoms with Crippen molar-refractivity contribution >= 4 is 0 Å². The van der Waals surface area contributed by atoms with Gasteiger partial charge in [-0.2, -0.15) is 0 Å². The van der Waals surface area contributed by atoms with Crippen LogP contribution in [-0.2, 0) is 6.54 Å². The Labute approximate surface area is 116 Å². The Bertz CT molecular complexity index is 371. The topological polar surface area (TPSA) is 15.3 Å². The van der Waals surface area contributed by atoms with E-state index in [0.717, 1.165) is 19.0 Å². The van der Waals surface area contributed by atoms with Gasteiger partial charge in [0.1, 0.15) is 5.82 Å². The maximum absolute atomic E-state index is 12.9. The maximum Gasteiger partial charge on any atom is 0.123 e. The normalized spacial score (nSPS) is 18.1. The molecule has 0 radical (unpaired) electrons. The standard InChI is InChI=1S/C16H25FN2/c1-18-16(14-5-3-4-6-14)12-19(2)11-13-7-9-15(17)10-8-13/h7-10,14,16,18H,3-6,11-12H2,1-2H3. The summed E-state index contributed by atoms with van der Waals surface area (Å²) in [4.78, 5) is 2.33. The van der Waals surface area contributed by atoms with E-state index >= 15 is 0 Å². The van der Waals surface area contributed by atoms with Crippen molar-refractivity contribution in [2.75, 3.05) is 20.6 Å². The molecule has 1 N–H and O–H groups in total. The minimum absolute atomic E-state index is 0.162. The number of hydrogen-bond acceptors (Lipinski definition) is 2. The van der Waals surface area contributed by atoms with E-state index in [-0.39, 0.29) is 5.82 Å². The van der Waals surface area contributed by atoms with Crippen LogP contribution < -0.4 is 5.32 Å². The lowest BCUT2D eigenvalue weighted by molar-refractivity contribution is 0.243. The number of nitrogens with one attached hydrogen (secondary N) is 1. The lowest BCUT2D eigenvalue weighted by atomic mass is 9.98. The van der Waals surface area contributed by atoms with Crippen LogP contribution in [0.5, 0.6) is 0 Å². The fourth-order valence-electron chi connectivity index (χ4n) is 3.14. The summed E-state index contributed by atoms with van der Waals surface area (Å²) < 4.78 is 12.9. The quantitative estimate of drug-likeness (QED) is 0.849. The third kappa shape index (κ3) is 4.29. The molecule has 1 saturated carbocycles. The number of halogens is 1. The van der Waals surface area contributed by atoms with E-state index in [1.54, 1.807) is 0 Å². The zero-order chi connectivity index (χ0) is 13.7. The Kier molecular flexibility index (Phi) is 5.34. The molecule has 1 aliphatic carbocycles. The van der Waals surface area contributed by atoms with Crippen molar-refractivity contribution in [3.05, 3.63) is 35.6 Å². The summed E-state index contributed by atoms with van der Waals surface area (Å²) in [5.74, 6) is 0.658. The van der Waals surface area contributed by atoms with E-state index in [1.165, 1.54) is 43.4 Å². The van der Waals surface area contributed by atoms with Crippen LogP contribution >= 0.6 is 0 Å². The minimum Gasteiger partial charge on any atom is -0.315 e. The average Bonchev–Trinajstić information content (AvgIpc) is 2.92. The van der Waals surface area contributed by atoms with Gasteiger partial charge in [0, 0.05) is 19.1 Å². The molecule has 1 aromatic carbocycles. The highest BCUT2D eigenvalue weighted by molar-refractivity contribution is 5.15. The van der Waals surface area contributed by atoms with Gasteiger partial charge in [-0.3, -0.25) is 0 Å². The molecule has 2 nitrogen and oxygen atoms in total. The Morgan fingerprint density at radius 3 is 2.47 bits per heavy atom. The van der Waals surface area contributed by atoms with Crippen molar-refractivity contribution in [1.82, 2.24) is 10.2 Å². The summed E-state index contributed by atoms with van der Waals surface area (Å²) in [7, 11) is 4.21. The molecule has 106 valence electrons. The molecule has 1 aromatic rings. The summed E-state index contributed by atoms with van der Waals surface area (Å²) in [6.07, 6.45) is 5.47. The molecule has 0 saturated heterocycles. The predicted molar refractivity (Wildman–Crippen MR) is 77.5 cm³/mol. The van der Waals surface area contributed by atoms with Crippen LogP contribution in [0.4, 0.5) is 4.39 Å². The van der Waals surface area contributed by atoms with Crippen LogP contribution in [0, 0.1) is 11.7 Å². The molecule has 1 aliphatic rings. The van der Waals surface area contributed by atoms with E-state index in [2.05, 4.69) is 24.3 Å². The third-order valence-corrected chi connectivity index (χ3v) is 4.21. The number of hydrogen-bond donors (Lipinski definition) is 1. The molecule has 0 heterocycles. The highest BCUT2D eigenvalue weighted by atomic mass is 19.1. The summed E-state index contributed by atoms with van der Waals surface area (Å²) >= 11 is 0. The second kappa shape index (κ2) is 7.01. The van der Waals surface area contributed by atoms with Crippen LogP contribution in [0.25, 0.3) is 0 Å². The smallest absolute Gasteiger partial charge is 0.123 e. The SMILES string of the molecule is CNC(CN(C)Cc1ccc(F)cc1)C1CCCC1. The van der Waals surface area contributed by atoms with Crippen molar-refractivity contribution in [1.29, 1.82) is 0 Å². The Hall–Kier alpha value is -0.930. The molecule has 1 fully saturated rings. The molecule has 0 amide bonds. The van der Waals surface area contributed by atoms with E-state index in [1.807, 2.05) is 12.1 Å². The first kappa shape index (κ1) is 14.5. The predicted octanol–water partition coefficient (Wildman–Crippen LogP) is 3.04. The molecule has 19 heavy (non-hydrogen) atoms. The number of benzene rings is 1. The minimum atomic E-state index is -0.162. The van der Waals surface area contributed by atoms with Gasteiger partial charge in [0.05, 0.1) is 0 Å². The van der Waals surface area contributed by atoms with Gasteiger partial charge in [-0.05, 0) is 50.6 Å². The fraction of sp³-hybridized carbons (Fsp3) is 0.625. The van der Waals surface area contributed by atoms with E-state index < -0.39 is 0 Å². The largest absolute Gasteiger partial charge is 0.315 e. The first-order valence-corrected chi connectivity index (χ1v) is 7.29. The van der Waals surface area contributed by atoms with Crippen LogP contribution in [0.2, 0.25) is 0 Å². The van der Waals surface area contributed by atoms with Crippen LogP contribution in [0.1, 0.15) is 31.2 Å². The summed E-state index contributed by atoms with van der Waals surface area (Å²) in [5.41, 5.74) is 1.17. The highest BCUT2D eigenvalue weighted by Crippen LogP contribution is 2.28. The van der Waals surface area contributed by atoms with E-state index in [9.17, 15) is 4.39 Å². The van der Waals surface area contributed by atoms with Gasteiger partial charge in [0.25, 0.3) is 0 Å². The van der Waals surface area contributed by atoms with Crippen LogP contribution in [0.15, 0.2) is 24.3 Å². The lowest BCUT2D eigenvalue weighted by Gasteiger charge is -2.28. The van der Waals surface area contributed by atoms with Crippen molar-refractivity contribution < 1.29 is 4.39 Å². The molecule has 2 rings (SSSR count). The molecule has 3 heteroatoms. The number of nitrogens with zero attached hydrogens (tertiary/aromatic N) is 1. The monoisotopic (exact) mass is 264 g/mol. The van der Waals surface area contributed by atoms with Crippen molar-refractivity contribution in [3.8, 4) is 0 Å². The third-order valence-electron chi connectivity index (χ3n) is 4.21. The summed E-state index contributed by atoms with van der Waals surface area (Å²) in [5, 5.41) is 3.47. The zero-order valence-corrected chi connectivity index (χ0v) is 12.0. The molecule has 0 spiro atoms. The van der Waals surface area contributed by atoms with Crippen LogP contribution in [0.3, 0.4) is 0 Å². The second-order valence-corrected chi connectivity index (χ2v) is 5.76. The molecule has 1 unspecified atom stereocenters. The van der Waals surface area contributed by atoms with Gasteiger partial charge in [0.2, 0.25) is 0 Å². The van der Waals surface area contributed by atoms with E-state index in [4.69, 9.17) is 0 Å². The maximum atomic E-state index is 12.9. The number of likely N-dealkylation sites (N-methyl/N-ethyl adjacent to an activating group) is 2. The first-order valence-electron chi connectivity index (χ1n) is 7.29. The van der Waals surface area contributed by atoms with E-state index in [0.29, 0.717) is 6.04 Å². The zero-order valence-electron chi connectivity index (χ0n) is 12.0. The first-order chi connectivity index (χ1) is 9.19. The molecule has 1 atom stereocenters.